The Morgan fingerprint density at radius 1 is 1.36 bits per heavy atom. The minimum atomic E-state index is -4.23. The molecular formula is C18H18Cl2F2N3O7P. The van der Waals surface area contributed by atoms with Crippen LogP contribution in [0.3, 0.4) is 0 Å². The number of rotatable bonds is 5. The molecule has 2 aromatic rings. The zero-order chi connectivity index (χ0) is 24.0. The normalized spacial score (nSPS) is 31.5. The number of aliphatic hydroxyl groups is 1. The van der Waals surface area contributed by atoms with Crippen LogP contribution in [0.25, 0.3) is 0 Å². The lowest BCUT2D eigenvalue weighted by atomic mass is 10.1. The van der Waals surface area contributed by atoms with Crippen molar-refractivity contribution in [2.24, 2.45) is 0 Å². The molecule has 2 saturated heterocycles. The highest BCUT2D eigenvalue weighted by Gasteiger charge is 2.60. The standard InChI is InChI=1S/C18H18Cl2F2N3O7P/c19-10-3-1-2-9(14(10)20)11-5-7-29-33(28,32-11)30-8-12-15(26)18(21,22)16(31-12)25-6-4-13(23)24-17(25)27/h1-4,6,11-12,15-16,26H,5,7-8H2,(H2,23,24,27)/t11-,12-,15-,16-,33?/m1/s1. The molecule has 33 heavy (non-hydrogen) atoms. The van der Waals surface area contributed by atoms with Gasteiger partial charge in [0.05, 0.1) is 29.4 Å². The van der Waals surface area contributed by atoms with Crippen LogP contribution in [0.5, 0.6) is 0 Å². The summed E-state index contributed by atoms with van der Waals surface area (Å²) in [5, 5.41) is 10.6. The van der Waals surface area contributed by atoms with E-state index in [1.165, 1.54) is 0 Å². The van der Waals surface area contributed by atoms with Crippen LogP contribution in [-0.4, -0.2) is 46.0 Å². The Labute approximate surface area is 195 Å². The van der Waals surface area contributed by atoms with Crippen LogP contribution >= 0.6 is 31.0 Å². The molecule has 180 valence electrons. The number of aromatic nitrogens is 2. The summed E-state index contributed by atoms with van der Waals surface area (Å²) in [6.07, 6.45) is -5.78. The number of ether oxygens (including phenoxy) is 1. The molecule has 0 saturated carbocycles. The summed E-state index contributed by atoms with van der Waals surface area (Å²) < 4.78 is 63.6. The van der Waals surface area contributed by atoms with Crippen molar-refractivity contribution in [3.8, 4) is 0 Å². The van der Waals surface area contributed by atoms with Crippen LogP contribution in [-0.2, 0) is 22.9 Å². The summed E-state index contributed by atoms with van der Waals surface area (Å²) in [6, 6.07) is 5.95. The Balaban J connectivity index is 1.47. The number of nitrogens with zero attached hydrogens (tertiary/aromatic N) is 2. The molecule has 15 heteroatoms. The molecule has 0 spiro atoms. The van der Waals surface area contributed by atoms with E-state index >= 15 is 0 Å². The SMILES string of the molecule is Nc1ccn([C@@H]2O[C@H](COP3(=O)OCC[C@H](c4cccc(Cl)c4Cl)O3)[C@@H](O)C2(F)F)c(=O)n1. The number of benzene rings is 1. The third-order valence-corrected chi connectivity index (χ3v) is 7.40. The van der Waals surface area contributed by atoms with Gasteiger partial charge in [-0.25, -0.2) is 9.36 Å². The zero-order valence-electron chi connectivity index (χ0n) is 16.6. The first-order chi connectivity index (χ1) is 15.5. The molecule has 1 unspecified atom stereocenters. The first-order valence-electron chi connectivity index (χ1n) is 9.59. The van der Waals surface area contributed by atoms with Gasteiger partial charge in [-0.15, -0.1) is 0 Å². The van der Waals surface area contributed by atoms with Gasteiger partial charge in [-0.3, -0.25) is 18.1 Å². The minimum Gasteiger partial charge on any atom is -0.384 e. The van der Waals surface area contributed by atoms with Crippen LogP contribution in [0, 0.1) is 0 Å². The summed E-state index contributed by atoms with van der Waals surface area (Å²) in [4.78, 5) is 15.3. The first kappa shape index (κ1) is 24.5. The van der Waals surface area contributed by atoms with Crippen LogP contribution in [0.15, 0.2) is 35.3 Å². The molecule has 10 nitrogen and oxygen atoms in total. The number of hydrogen-bond acceptors (Lipinski definition) is 9. The molecule has 2 fully saturated rings. The Morgan fingerprint density at radius 3 is 2.85 bits per heavy atom. The molecule has 4 rings (SSSR count). The van der Waals surface area contributed by atoms with Crippen molar-refractivity contribution in [1.29, 1.82) is 0 Å². The summed E-state index contributed by atoms with van der Waals surface area (Å²) in [5.41, 5.74) is 4.73. The van der Waals surface area contributed by atoms with E-state index < -0.39 is 50.6 Å². The zero-order valence-corrected chi connectivity index (χ0v) is 19.1. The number of nitrogen functional groups attached to an aromatic ring is 1. The summed E-state index contributed by atoms with van der Waals surface area (Å²) in [6.45, 7) is -0.818. The second-order valence-corrected chi connectivity index (χ2v) is 9.70. The molecule has 0 bridgehead atoms. The summed E-state index contributed by atoms with van der Waals surface area (Å²) in [5.74, 6) is -4.06. The highest BCUT2D eigenvalue weighted by Crippen LogP contribution is 2.58. The van der Waals surface area contributed by atoms with E-state index in [4.69, 9.17) is 47.2 Å². The van der Waals surface area contributed by atoms with Crippen molar-refractivity contribution in [2.45, 2.75) is 36.9 Å². The average molecular weight is 528 g/mol. The van der Waals surface area contributed by atoms with Crippen molar-refractivity contribution in [3.63, 3.8) is 0 Å². The van der Waals surface area contributed by atoms with E-state index in [0.717, 1.165) is 12.3 Å². The van der Waals surface area contributed by atoms with E-state index in [1.54, 1.807) is 18.2 Å². The number of aliphatic hydroxyl groups excluding tert-OH is 1. The maximum atomic E-state index is 14.6. The predicted molar refractivity (Wildman–Crippen MR) is 112 cm³/mol. The molecule has 2 aliphatic heterocycles. The molecule has 0 radical (unpaired) electrons. The second kappa shape index (κ2) is 9.20. The molecule has 3 N–H and O–H groups in total. The Kier molecular flexibility index (Phi) is 6.83. The lowest BCUT2D eigenvalue weighted by Gasteiger charge is -2.30. The third-order valence-electron chi connectivity index (χ3n) is 5.09. The second-order valence-electron chi connectivity index (χ2n) is 7.29. The smallest absolute Gasteiger partial charge is 0.384 e. The van der Waals surface area contributed by atoms with Crippen LogP contribution in [0.4, 0.5) is 14.6 Å². The number of anilines is 1. The Morgan fingerprint density at radius 2 is 2.12 bits per heavy atom. The fourth-order valence-corrected chi connectivity index (χ4v) is 5.25. The number of nitrogens with two attached hydrogens (primary N) is 1. The van der Waals surface area contributed by atoms with E-state index in [-0.39, 0.29) is 28.9 Å². The van der Waals surface area contributed by atoms with Crippen molar-refractivity contribution >= 4 is 36.8 Å². The molecule has 0 aliphatic carbocycles. The topological polar surface area (TPSA) is 135 Å². The Bertz CT molecular complexity index is 1150. The fraction of sp³-hybridized carbons (Fsp3) is 0.444. The molecule has 0 amide bonds. The van der Waals surface area contributed by atoms with Crippen LogP contribution in [0.1, 0.15) is 24.3 Å². The van der Waals surface area contributed by atoms with Gasteiger partial charge in [-0.1, -0.05) is 35.3 Å². The van der Waals surface area contributed by atoms with Gasteiger partial charge in [-0.05, 0) is 12.1 Å². The number of hydrogen-bond donors (Lipinski definition) is 2. The Hall–Kier alpha value is -1.63. The molecule has 1 aromatic heterocycles. The lowest BCUT2D eigenvalue weighted by molar-refractivity contribution is -0.140. The van der Waals surface area contributed by atoms with Crippen molar-refractivity contribution in [2.75, 3.05) is 18.9 Å². The van der Waals surface area contributed by atoms with E-state index in [9.17, 15) is 23.2 Å². The first-order valence-corrected chi connectivity index (χ1v) is 11.8. The van der Waals surface area contributed by atoms with Gasteiger partial charge in [-0.2, -0.15) is 13.8 Å². The number of halogens is 4. The van der Waals surface area contributed by atoms with Crippen molar-refractivity contribution in [3.05, 3.63) is 56.6 Å². The fourth-order valence-electron chi connectivity index (χ4n) is 3.43. The quantitative estimate of drug-likeness (QED) is 0.561. The van der Waals surface area contributed by atoms with Crippen LogP contribution in [0.2, 0.25) is 10.0 Å². The van der Waals surface area contributed by atoms with Gasteiger partial charge in [0.2, 0.25) is 6.23 Å². The van der Waals surface area contributed by atoms with E-state index in [2.05, 4.69) is 4.98 Å². The maximum Gasteiger partial charge on any atom is 0.475 e. The number of phosphoric acid groups is 1. The van der Waals surface area contributed by atoms with E-state index in [1.807, 2.05) is 0 Å². The van der Waals surface area contributed by atoms with Gasteiger partial charge >= 0.3 is 19.4 Å². The monoisotopic (exact) mass is 527 g/mol. The average Bonchev–Trinajstić information content (AvgIpc) is 2.98. The maximum absolute atomic E-state index is 14.6. The highest BCUT2D eigenvalue weighted by atomic mass is 35.5. The predicted octanol–water partition coefficient (Wildman–Crippen LogP) is 3.33. The highest BCUT2D eigenvalue weighted by molar-refractivity contribution is 7.48. The molecular weight excluding hydrogens is 510 g/mol. The third kappa shape index (κ3) is 4.80. The van der Waals surface area contributed by atoms with Crippen molar-refractivity contribution in [1.82, 2.24) is 9.55 Å². The van der Waals surface area contributed by atoms with E-state index in [0.29, 0.717) is 10.1 Å². The molecule has 3 heterocycles. The van der Waals surface area contributed by atoms with Gasteiger partial charge in [0.25, 0.3) is 0 Å². The minimum absolute atomic E-state index is 0.0376. The number of alkyl halides is 2. The molecule has 5 atom stereocenters. The van der Waals surface area contributed by atoms with Crippen LogP contribution < -0.4 is 11.4 Å². The molecule has 1 aromatic carbocycles. The van der Waals surface area contributed by atoms with Gasteiger partial charge in [0.1, 0.15) is 11.9 Å². The summed E-state index contributed by atoms with van der Waals surface area (Å²) >= 11 is 12.2. The van der Waals surface area contributed by atoms with Gasteiger partial charge in [0.15, 0.2) is 6.10 Å². The lowest BCUT2D eigenvalue weighted by Crippen LogP contribution is -2.42. The van der Waals surface area contributed by atoms with Gasteiger partial charge < -0.3 is 15.6 Å². The largest absolute Gasteiger partial charge is 0.475 e. The summed E-state index contributed by atoms with van der Waals surface area (Å²) in [7, 11) is -4.23. The molecule has 2 aliphatic rings. The van der Waals surface area contributed by atoms with Gasteiger partial charge in [0, 0.05) is 18.2 Å². The van der Waals surface area contributed by atoms with Crippen molar-refractivity contribution < 1.29 is 36.8 Å². The number of phosphoric ester groups is 1.